The van der Waals surface area contributed by atoms with Gasteiger partial charge >= 0.3 is 6.18 Å². The summed E-state index contributed by atoms with van der Waals surface area (Å²) < 4.78 is 68.6. The number of anilines is 1. The van der Waals surface area contributed by atoms with E-state index in [9.17, 15) is 26.7 Å². The van der Waals surface area contributed by atoms with Gasteiger partial charge < -0.3 is 4.90 Å². The Balaban J connectivity index is 1.46. The van der Waals surface area contributed by atoms with E-state index < -0.39 is 35.4 Å². The number of fused-ring (bicyclic) bond motifs is 2. The number of carbonyl (C=O) groups excluding carboxylic acids is 1. The highest BCUT2D eigenvalue weighted by Gasteiger charge is 2.68. The van der Waals surface area contributed by atoms with E-state index in [-0.39, 0.29) is 30.8 Å². The highest BCUT2D eigenvalue weighted by atomic mass is 19.4. The number of nitrogens with zero attached hydrogens (tertiary/aromatic N) is 2. The maximum atomic E-state index is 13.8. The van der Waals surface area contributed by atoms with Crippen molar-refractivity contribution < 1.29 is 26.7 Å². The van der Waals surface area contributed by atoms with Crippen molar-refractivity contribution in [1.29, 1.82) is 0 Å². The van der Waals surface area contributed by atoms with Crippen molar-refractivity contribution >= 4 is 11.6 Å². The number of likely N-dealkylation sites (tertiary alicyclic amines) is 1. The second kappa shape index (κ2) is 6.51. The number of amides is 1. The number of benzene rings is 2. The van der Waals surface area contributed by atoms with Crippen molar-refractivity contribution in [2.75, 3.05) is 18.0 Å². The molecule has 0 radical (unpaired) electrons. The summed E-state index contributed by atoms with van der Waals surface area (Å²) in [6.07, 6.45) is -4.26. The van der Waals surface area contributed by atoms with Crippen molar-refractivity contribution in [1.82, 2.24) is 4.90 Å². The first kappa shape index (κ1) is 19.5. The summed E-state index contributed by atoms with van der Waals surface area (Å²) >= 11 is 0. The lowest BCUT2D eigenvalue weighted by atomic mass is 9.98. The molecule has 0 N–H and O–H groups in total. The zero-order valence-corrected chi connectivity index (χ0v) is 15.9. The molecule has 2 aliphatic heterocycles. The first-order valence-corrected chi connectivity index (χ1v) is 9.86. The summed E-state index contributed by atoms with van der Waals surface area (Å²) in [5.41, 5.74) is 0.0365. The molecule has 1 amide bonds. The highest BCUT2D eigenvalue weighted by molar-refractivity contribution is 6.10. The summed E-state index contributed by atoms with van der Waals surface area (Å²) in [6.45, 7) is 0.556. The van der Waals surface area contributed by atoms with Crippen molar-refractivity contribution in [3.8, 4) is 0 Å². The van der Waals surface area contributed by atoms with Gasteiger partial charge in [0.1, 0.15) is 0 Å². The molecular formula is C22H19F5N2O. The number of hydrogen-bond acceptors (Lipinski definition) is 2. The fraction of sp³-hybridized carbons (Fsp3) is 0.409. The van der Waals surface area contributed by atoms with Gasteiger partial charge in [0.15, 0.2) is 0 Å². The lowest BCUT2D eigenvalue weighted by Crippen LogP contribution is -2.31. The summed E-state index contributed by atoms with van der Waals surface area (Å²) in [4.78, 5) is 16.0. The van der Waals surface area contributed by atoms with Crippen LogP contribution in [0.5, 0.6) is 0 Å². The average Bonchev–Trinajstić information content (AvgIpc) is 3.08. The highest BCUT2D eigenvalue weighted by Crippen LogP contribution is 2.59. The minimum Gasteiger partial charge on any atom is -0.304 e. The number of piperidine rings is 1. The molecule has 5 rings (SSSR count). The van der Waals surface area contributed by atoms with E-state index >= 15 is 0 Å². The van der Waals surface area contributed by atoms with Gasteiger partial charge in [0.2, 0.25) is 0 Å². The third-order valence-corrected chi connectivity index (χ3v) is 6.46. The molecular weight excluding hydrogens is 403 g/mol. The van der Waals surface area contributed by atoms with Gasteiger partial charge in [0.25, 0.3) is 11.8 Å². The minimum absolute atomic E-state index is 0.0347. The molecule has 3 nitrogen and oxygen atoms in total. The van der Waals surface area contributed by atoms with Crippen molar-refractivity contribution in [3.05, 3.63) is 64.7 Å². The Hall–Kier alpha value is -2.48. The first-order chi connectivity index (χ1) is 14.2. The van der Waals surface area contributed by atoms with Gasteiger partial charge in [0.05, 0.1) is 12.1 Å². The van der Waals surface area contributed by atoms with E-state index in [0.717, 1.165) is 6.07 Å². The van der Waals surface area contributed by atoms with E-state index in [1.54, 1.807) is 35.2 Å². The fourth-order valence-electron chi connectivity index (χ4n) is 4.83. The number of para-hydroxylation sites is 1. The van der Waals surface area contributed by atoms with E-state index in [4.69, 9.17) is 0 Å². The smallest absolute Gasteiger partial charge is 0.304 e. The molecule has 158 valence electrons. The minimum atomic E-state index is -4.61. The Bertz CT molecular complexity index is 1000. The van der Waals surface area contributed by atoms with Crippen LogP contribution in [0.2, 0.25) is 0 Å². The molecule has 2 unspecified atom stereocenters. The van der Waals surface area contributed by atoms with Crippen LogP contribution in [-0.2, 0) is 19.3 Å². The van der Waals surface area contributed by atoms with Crippen LogP contribution in [0.25, 0.3) is 0 Å². The summed E-state index contributed by atoms with van der Waals surface area (Å²) in [5.74, 6) is -4.44. The third-order valence-electron chi connectivity index (χ3n) is 6.46. The zero-order chi connectivity index (χ0) is 21.3. The van der Waals surface area contributed by atoms with Crippen molar-refractivity contribution in [2.45, 2.75) is 31.6 Å². The second-order valence-electron chi connectivity index (χ2n) is 8.31. The van der Waals surface area contributed by atoms with Crippen LogP contribution < -0.4 is 4.90 Å². The van der Waals surface area contributed by atoms with E-state index in [1.165, 1.54) is 11.0 Å². The number of carbonyl (C=O) groups is 1. The summed E-state index contributed by atoms with van der Waals surface area (Å²) in [5, 5.41) is 0. The largest absolute Gasteiger partial charge is 0.416 e. The second-order valence-corrected chi connectivity index (χ2v) is 8.31. The van der Waals surface area contributed by atoms with Crippen LogP contribution in [0.4, 0.5) is 27.6 Å². The Morgan fingerprint density at radius 1 is 1.07 bits per heavy atom. The molecule has 2 atom stereocenters. The number of halogens is 5. The van der Waals surface area contributed by atoms with Crippen LogP contribution in [0.1, 0.15) is 33.5 Å². The molecule has 1 saturated carbocycles. The molecule has 0 aromatic heterocycles. The van der Waals surface area contributed by atoms with Crippen LogP contribution in [-0.4, -0.2) is 29.8 Å². The molecule has 2 fully saturated rings. The molecule has 1 saturated heterocycles. The lowest BCUT2D eigenvalue weighted by Gasteiger charge is -2.25. The van der Waals surface area contributed by atoms with Gasteiger partial charge in [-0.05, 0) is 48.4 Å². The normalized spacial score (nSPS) is 25.2. The average molecular weight is 422 g/mol. The predicted molar refractivity (Wildman–Crippen MR) is 100 cm³/mol. The van der Waals surface area contributed by atoms with Crippen LogP contribution in [0.15, 0.2) is 42.5 Å². The molecule has 30 heavy (non-hydrogen) atoms. The van der Waals surface area contributed by atoms with Crippen LogP contribution in [0, 0.1) is 11.8 Å². The molecule has 8 heteroatoms. The summed E-state index contributed by atoms with van der Waals surface area (Å²) in [7, 11) is 0. The van der Waals surface area contributed by atoms with E-state index in [0.29, 0.717) is 24.2 Å². The van der Waals surface area contributed by atoms with Gasteiger partial charge in [-0.3, -0.25) is 9.69 Å². The lowest BCUT2D eigenvalue weighted by molar-refractivity contribution is -0.138. The number of hydrogen-bond donors (Lipinski definition) is 0. The van der Waals surface area contributed by atoms with Gasteiger partial charge in [-0.25, -0.2) is 8.78 Å². The molecule has 2 aromatic rings. The third kappa shape index (κ3) is 3.09. The van der Waals surface area contributed by atoms with Crippen molar-refractivity contribution in [2.24, 2.45) is 11.8 Å². The van der Waals surface area contributed by atoms with Gasteiger partial charge in [-0.1, -0.05) is 18.2 Å². The topological polar surface area (TPSA) is 23.6 Å². The molecule has 3 aliphatic rings. The van der Waals surface area contributed by atoms with Gasteiger partial charge in [-0.2, -0.15) is 13.2 Å². The van der Waals surface area contributed by atoms with Gasteiger partial charge in [-0.15, -0.1) is 0 Å². The molecule has 0 spiro atoms. The Morgan fingerprint density at radius 2 is 1.80 bits per heavy atom. The monoisotopic (exact) mass is 422 g/mol. The SMILES string of the molecule is O=C1c2cc(CN3CCC4C(C3)C4(F)F)cc(C(F)(F)F)c2CN1c1ccccc1. The van der Waals surface area contributed by atoms with E-state index in [2.05, 4.69) is 0 Å². The quantitative estimate of drug-likeness (QED) is 0.654. The van der Waals surface area contributed by atoms with E-state index in [1.807, 2.05) is 0 Å². The maximum Gasteiger partial charge on any atom is 0.416 e. The number of alkyl halides is 5. The molecule has 1 aliphatic carbocycles. The summed E-state index contributed by atoms with van der Waals surface area (Å²) in [6, 6.07) is 11.1. The van der Waals surface area contributed by atoms with Crippen LogP contribution >= 0.6 is 0 Å². The Kier molecular flexibility index (Phi) is 4.23. The molecule has 2 aromatic carbocycles. The maximum absolute atomic E-state index is 13.8. The molecule has 0 bridgehead atoms. The van der Waals surface area contributed by atoms with Gasteiger partial charge in [0, 0.05) is 36.2 Å². The standard InChI is InChI=1S/C22H19F5N2O/c23-21(24)17-6-7-28(12-19(17)21)10-13-8-15-16(18(9-13)22(25,26)27)11-29(20(15)30)14-4-2-1-3-5-14/h1-5,8-9,17,19H,6-7,10-12H2. The van der Waals surface area contributed by atoms with Crippen molar-refractivity contribution in [3.63, 3.8) is 0 Å². The number of rotatable bonds is 3. The fourth-order valence-corrected chi connectivity index (χ4v) is 4.83. The zero-order valence-electron chi connectivity index (χ0n) is 15.9. The molecule has 2 heterocycles. The Labute approximate surface area is 170 Å². The first-order valence-electron chi connectivity index (χ1n) is 9.86. The Morgan fingerprint density at radius 3 is 2.47 bits per heavy atom. The predicted octanol–water partition coefficient (Wildman–Crippen LogP) is 4.95. The van der Waals surface area contributed by atoms with Crippen LogP contribution in [0.3, 0.4) is 0 Å².